The summed E-state index contributed by atoms with van der Waals surface area (Å²) in [6.45, 7) is 4.66. The Morgan fingerprint density at radius 3 is 2.58 bits per heavy atom. The molecule has 6 nitrogen and oxygen atoms in total. The summed E-state index contributed by atoms with van der Waals surface area (Å²) in [4.78, 5) is 27.4. The van der Waals surface area contributed by atoms with E-state index in [1.807, 2.05) is 24.3 Å². The Bertz CT molecular complexity index is 748. The number of hydrogen-bond donors (Lipinski definition) is 0. The summed E-state index contributed by atoms with van der Waals surface area (Å²) in [5.74, 6) is 0.0676. The number of carbonyl (C=O) groups is 2. The van der Waals surface area contributed by atoms with Crippen LogP contribution in [0.15, 0.2) is 40.3 Å². The lowest BCUT2D eigenvalue weighted by Crippen LogP contribution is -2.34. The minimum absolute atomic E-state index is 0.158. The SMILES string of the molecule is CCOC(=O)C=C1SC(N2CCOCC2)=C(c2ccc(OC)cc2)C1=O. The molecule has 0 amide bonds. The topological polar surface area (TPSA) is 65.1 Å². The molecule has 0 aromatic heterocycles. The highest BCUT2D eigenvalue weighted by Gasteiger charge is 2.34. The normalized spacial score (nSPS) is 19.2. The van der Waals surface area contributed by atoms with Gasteiger partial charge in [0.25, 0.3) is 0 Å². The summed E-state index contributed by atoms with van der Waals surface area (Å²) >= 11 is 1.32. The van der Waals surface area contributed by atoms with Crippen molar-refractivity contribution in [3.8, 4) is 5.75 Å². The monoisotopic (exact) mass is 375 g/mol. The number of ether oxygens (including phenoxy) is 3. The van der Waals surface area contributed by atoms with E-state index < -0.39 is 5.97 Å². The van der Waals surface area contributed by atoms with Crippen molar-refractivity contribution < 1.29 is 23.8 Å². The van der Waals surface area contributed by atoms with Gasteiger partial charge in [0.05, 0.1) is 42.4 Å². The number of methoxy groups -OCH3 is 1. The Labute approximate surface area is 156 Å². The first-order chi connectivity index (χ1) is 12.6. The van der Waals surface area contributed by atoms with Gasteiger partial charge in [-0.15, -0.1) is 0 Å². The summed E-state index contributed by atoms with van der Waals surface area (Å²) < 4.78 is 15.6. The standard InChI is InChI=1S/C19H21NO5S/c1-3-25-16(21)12-15-18(22)17(13-4-6-14(23-2)7-5-13)19(26-15)20-8-10-24-11-9-20/h4-7,12H,3,8-11H2,1-2H3. The van der Waals surface area contributed by atoms with Crippen molar-refractivity contribution in [1.29, 1.82) is 0 Å². The molecule has 1 aromatic rings. The van der Waals surface area contributed by atoms with E-state index in [9.17, 15) is 9.59 Å². The molecular weight excluding hydrogens is 354 g/mol. The smallest absolute Gasteiger partial charge is 0.332 e. The van der Waals surface area contributed by atoms with Crippen molar-refractivity contribution in [2.75, 3.05) is 40.0 Å². The van der Waals surface area contributed by atoms with Crippen molar-refractivity contribution >= 4 is 29.1 Å². The molecule has 0 spiro atoms. The van der Waals surface area contributed by atoms with Crippen molar-refractivity contribution in [3.63, 3.8) is 0 Å². The number of Topliss-reactive ketones (excluding diaryl/α,β-unsaturated/α-hetero) is 1. The van der Waals surface area contributed by atoms with Gasteiger partial charge in [-0.2, -0.15) is 0 Å². The highest BCUT2D eigenvalue weighted by atomic mass is 32.2. The third kappa shape index (κ3) is 3.94. The summed E-state index contributed by atoms with van der Waals surface area (Å²) in [5, 5.41) is 0.860. The number of benzene rings is 1. The van der Waals surface area contributed by atoms with Crippen LogP contribution >= 0.6 is 11.8 Å². The van der Waals surface area contributed by atoms with E-state index in [1.54, 1.807) is 14.0 Å². The molecule has 0 radical (unpaired) electrons. The zero-order valence-corrected chi connectivity index (χ0v) is 15.6. The second-order valence-corrected chi connectivity index (χ2v) is 6.73. The fourth-order valence-electron chi connectivity index (χ4n) is 2.81. The molecule has 0 N–H and O–H groups in total. The zero-order chi connectivity index (χ0) is 18.5. The number of esters is 1. The largest absolute Gasteiger partial charge is 0.497 e. The molecule has 1 aromatic carbocycles. The van der Waals surface area contributed by atoms with Crippen LogP contribution in [0, 0.1) is 0 Å². The van der Waals surface area contributed by atoms with Gasteiger partial charge in [-0.3, -0.25) is 4.79 Å². The quantitative estimate of drug-likeness (QED) is 0.578. The van der Waals surface area contributed by atoms with Crippen LogP contribution in [0.4, 0.5) is 0 Å². The van der Waals surface area contributed by atoms with Gasteiger partial charge in [0.1, 0.15) is 5.75 Å². The van der Waals surface area contributed by atoms with Crippen LogP contribution in [0.5, 0.6) is 5.75 Å². The first-order valence-electron chi connectivity index (χ1n) is 8.46. The van der Waals surface area contributed by atoms with Crippen LogP contribution in [0.25, 0.3) is 5.57 Å². The molecule has 2 heterocycles. The minimum Gasteiger partial charge on any atom is -0.497 e. The fraction of sp³-hybridized carbons (Fsp3) is 0.368. The van der Waals surface area contributed by atoms with Crippen LogP contribution in [0.1, 0.15) is 12.5 Å². The van der Waals surface area contributed by atoms with Gasteiger partial charge in [0, 0.05) is 19.2 Å². The lowest BCUT2D eigenvalue weighted by molar-refractivity contribution is -0.137. The number of hydrogen-bond acceptors (Lipinski definition) is 7. The lowest BCUT2D eigenvalue weighted by Gasteiger charge is -2.29. The van der Waals surface area contributed by atoms with Crippen molar-refractivity contribution in [2.24, 2.45) is 0 Å². The van der Waals surface area contributed by atoms with Crippen LogP contribution < -0.4 is 4.74 Å². The third-order valence-electron chi connectivity index (χ3n) is 4.08. The maximum absolute atomic E-state index is 13.0. The van der Waals surface area contributed by atoms with Crippen LogP contribution in [-0.2, 0) is 19.1 Å². The van der Waals surface area contributed by atoms with E-state index in [4.69, 9.17) is 14.2 Å². The maximum atomic E-state index is 13.0. The molecule has 0 aliphatic carbocycles. The Morgan fingerprint density at radius 1 is 1.27 bits per heavy atom. The molecule has 0 unspecified atom stereocenters. The molecule has 7 heteroatoms. The average Bonchev–Trinajstić information content (AvgIpc) is 2.99. The summed E-state index contributed by atoms with van der Waals surface area (Å²) in [6, 6.07) is 7.37. The molecule has 26 heavy (non-hydrogen) atoms. The molecule has 2 aliphatic rings. The molecule has 0 saturated carbocycles. The number of rotatable bonds is 5. The van der Waals surface area contributed by atoms with Gasteiger partial charge in [-0.1, -0.05) is 23.9 Å². The van der Waals surface area contributed by atoms with Gasteiger partial charge >= 0.3 is 5.97 Å². The molecule has 0 atom stereocenters. The highest BCUT2D eigenvalue weighted by molar-refractivity contribution is 8.08. The Kier molecular flexibility index (Phi) is 6.00. The predicted octanol–water partition coefficient (Wildman–Crippen LogP) is 2.46. The summed E-state index contributed by atoms with van der Waals surface area (Å²) in [7, 11) is 1.60. The number of nitrogens with zero attached hydrogens (tertiary/aromatic N) is 1. The lowest BCUT2D eigenvalue weighted by atomic mass is 10.0. The first kappa shape index (κ1) is 18.5. The number of carbonyl (C=O) groups excluding carboxylic acids is 2. The van der Waals surface area contributed by atoms with Crippen LogP contribution in [-0.4, -0.2) is 56.7 Å². The van der Waals surface area contributed by atoms with Crippen LogP contribution in [0.3, 0.4) is 0 Å². The first-order valence-corrected chi connectivity index (χ1v) is 9.28. The number of ketones is 1. The number of thioether (sulfide) groups is 1. The predicted molar refractivity (Wildman–Crippen MR) is 99.6 cm³/mol. The highest BCUT2D eigenvalue weighted by Crippen LogP contribution is 2.45. The molecule has 1 fully saturated rings. The zero-order valence-electron chi connectivity index (χ0n) is 14.8. The van der Waals surface area contributed by atoms with E-state index in [0.717, 1.165) is 16.3 Å². The fourth-order valence-corrected chi connectivity index (χ4v) is 3.99. The molecule has 2 aliphatic heterocycles. The third-order valence-corrected chi connectivity index (χ3v) is 5.26. The van der Waals surface area contributed by atoms with E-state index in [1.165, 1.54) is 17.8 Å². The maximum Gasteiger partial charge on any atom is 0.332 e. The molecule has 1 saturated heterocycles. The van der Waals surface area contributed by atoms with Crippen molar-refractivity contribution in [3.05, 3.63) is 45.8 Å². The van der Waals surface area contributed by atoms with E-state index in [2.05, 4.69) is 4.90 Å². The van der Waals surface area contributed by atoms with Gasteiger partial charge < -0.3 is 19.1 Å². The molecule has 138 valence electrons. The second-order valence-electron chi connectivity index (χ2n) is 5.70. The number of allylic oxidation sites excluding steroid dienone is 2. The van der Waals surface area contributed by atoms with Crippen molar-refractivity contribution in [1.82, 2.24) is 4.90 Å². The van der Waals surface area contributed by atoms with Gasteiger partial charge in [0.2, 0.25) is 5.78 Å². The van der Waals surface area contributed by atoms with E-state index in [0.29, 0.717) is 36.8 Å². The Hall–Kier alpha value is -2.25. The number of morpholine rings is 1. The van der Waals surface area contributed by atoms with Gasteiger partial charge in [-0.05, 0) is 24.6 Å². The minimum atomic E-state index is -0.499. The van der Waals surface area contributed by atoms with Gasteiger partial charge in [-0.25, -0.2) is 4.79 Å². The van der Waals surface area contributed by atoms with Crippen LogP contribution in [0.2, 0.25) is 0 Å². The van der Waals surface area contributed by atoms with E-state index >= 15 is 0 Å². The Balaban J connectivity index is 1.97. The van der Waals surface area contributed by atoms with Gasteiger partial charge in [0.15, 0.2) is 0 Å². The molecular formula is C19H21NO5S. The molecule has 3 rings (SSSR count). The molecule has 0 bridgehead atoms. The average molecular weight is 375 g/mol. The second kappa shape index (κ2) is 8.42. The Morgan fingerprint density at radius 2 is 1.96 bits per heavy atom. The summed E-state index contributed by atoms with van der Waals surface area (Å²) in [6.07, 6.45) is 1.29. The van der Waals surface area contributed by atoms with Crippen molar-refractivity contribution in [2.45, 2.75) is 6.92 Å². The summed E-state index contributed by atoms with van der Waals surface area (Å²) in [5.41, 5.74) is 1.41. The van der Waals surface area contributed by atoms with E-state index in [-0.39, 0.29) is 12.4 Å².